The van der Waals surface area contributed by atoms with Gasteiger partial charge in [-0.25, -0.2) is 13.6 Å². The highest BCUT2D eigenvalue weighted by molar-refractivity contribution is 9.10. The van der Waals surface area contributed by atoms with Gasteiger partial charge in [0.05, 0.1) is 13.2 Å². The topological polar surface area (TPSA) is 58.6 Å². The Morgan fingerprint density at radius 3 is 2.24 bits per heavy atom. The molecule has 1 aliphatic rings. The van der Waals surface area contributed by atoms with E-state index in [1.807, 2.05) is 30.3 Å². The van der Waals surface area contributed by atoms with Crippen LogP contribution in [0.3, 0.4) is 0 Å². The Balaban J connectivity index is 1.78. The Labute approximate surface area is 204 Å². The molecule has 0 aliphatic carbocycles. The second-order valence-electron chi connectivity index (χ2n) is 8.01. The van der Waals surface area contributed by atoms with Gasteiger partial charge >= 0.3 is 5.97 Å². The molecule has 1 heterocycles. The summed E-state index contributed by atoms with van der Waals surface area (Å²) in [4.78, 5) is 28.2. The zero-order valence-corrected chi connectivity index (χ0v) is 20.0. The van der Waals surface area contributed by atoms with Crippen LogP contribution in [0.15, 0.2) is 77.3 Å². The Morgan fingerprint density at radius 1 is 0.971 bits per heavy atom. The Morgan fingerprint density at radius 2 is 1.62 bits per heavy atom. The van der Waals surface area contributed by atoms with Gasteiger partial charge < -0.3 is 15.0 Å². The van der Waals surface area contributed by atoms with Crippen LogP contribution in [0.25, 0.3) is 0 Å². The molecule has 34 heavy (non-hydrogen) atoms. The third-order valence-corrected chi connectivity index (χ3v) is 6.53. The van der Waals surface area contributed by atoms with E-state index in [4.69, 9.17) is 4.74 Å². The van der Waals surface area contributed by atoms with Crippen molar-refractivity contribution in [1.82, 2.24) is 4.90 Å². The summed E-state index contributed by atoms with van der Waals surface area (Å²) < 4.78 is 34.8. The van der Waals surface area contributed by atoms with Gasteiger partial charge in [0.25, 0.3) is 5.91 Å². The molecule has 0 saturated carbocycles. The van der Waals surface area contributed by atoms with Gasteiger partial charge in [-0.15, -0.1) is 0 Å². The summed E-state index contributed by atoms with van der Waals surface area (Å²) >= 11 is 3.37. The number of hydrogen-bond donors (Lipinski definition) is 1. The number of amides is 1. The Kier molecular flexibility index (Phi) is 7.26. The van der Waals surface area contributed by atoms with E-state index in [1.54, 1.807) is 24.3 Å². The van der Waals surface area contributed by atoms with Crippen LogP contribution in [-0.4, -0.2) is 29.9 Å². The molecule has 0 unspecified atom stereocenters. The number of para-hydroxylation sites is 1. The first-order chi connectivity index (χ1) is 16.4. The van der Waals surface area contributed by atoms with E-state index < -0.39 is 41.3 Å². The first-order valence-corrected chi connectivity index (χ1v) is 11.6. The van der Waals surface area contributed by atoms with Crippen LogP contribution < -0.4 is 5.32 Å². The number of nitrogens with one attached hydrogen (secondary N) is 1. The van der Waals surface area contributed by atoms with Gasteiger partial charge in [-0.05, 0) is 48.2 Å². The SMILES string of the molecule is COC(=O)[C@@H]1CC[C@H](c2ccccc2)N1C(=O)[C@H](Nc1c(F)cccc1F)c1ccc(Br)cc1. The van der Waals surface area contributed by atoms with Crippen LogP contribution in [0.1, 0.15) is 36.1 Å². The largest absolute Gasteiger partial charge is 0.467 e. The van der Waals surface area contributed by atoms with Crippen molar-refractivity contribution in [3.63, 3.8) is 0 Å². The van der Waals surface area contributed by atoms with E-state index in [0.29, 0.717) is 18.4 Å². The summed E-state index contributed by atoms with van der Waals surface area (Å²) in [6.45, 7) is 0. The molecule has 8 heteroatoms. The fraction of sp³-hybridized carbons (Fsp3) is 0.231. The number of methoxy groups -OCH3 is 1. The number of ether oxygens (including phenoxy) is 1. The molecule has 5 nitrogen and oxygen atoms in total. The molecule has 0 spiro atoms. The lowest BCUT2D eigenvalue weighted by Gasteiger charge is -2.33. The lowest BCUT2D eigenvalue weighted by atomic mass is 10.0. The van der Waals surface area contributed by atoms with Gasteiger partial charge in [0.1, 0.15) is 29.4 Å². The second kappa shape index (κ2) is 10.3. The molecule has 0 aromatic heterocycles. The third-order valence-electron chi connectivity index (χ3n) is 6.00. The zero-order valence-electron chi connectivity index (χ0n) is 18.4. The first kappa shape index (κ1) is 23.9. The summed E-state index contributed by atoms with van der Waals surface area (Å²) in [5.74, 6) is -2.65. The van der Waals surface area contributed by atoms with Crippen molar-refractivity contribution in [2.45, 2.75) is 31.0 Å². The standard InChI is InChI=1S/C26H23BrF2N2O3/c1-34-26(33)22-15-14-21(16-6-3-2-4-7-16)31(22)25(32)23(17-10-12-18(27)13-11-17)30-24-19(28)8-5-9-20(24)29/h2-13,21-23,30H,14-15H2,1H3/t21-,22+,23-/m1/s1. The number of benzene rings is 3. The van der Waals surface area contributed by atoms with E-state index in [-0.39, 0.29) is 6.04 Å². The maximum absolute atomic E-state index is 14.5. The highest BCUT2D eigenvalue weighted by atomic mass is 79.9. The van der Waals surface area contributed by atoms with Crippen molar-refractivity contribution in [3.8, 4) is 0 Å². The van der Waals surface area contributed by atoms with Crippen LogP contribution in [0.5, 0.6) is 0 Å². The Hall–Kier alpha value is -3.26. The minimum absolute atomic E-state index is 0.386. The summed E-state index contributed by atoms with van der Waals surface area (Å²) in [5.41, 5.74) is 0.959. The predicted molar refractivity (Wildman–Crippen MR) is 128 cm³/mol. The minimum atomic E-state index is -1.14. The normalized spacial score (nSPS) is 18.4. The predicted octanol–water partition coefficient (Wildman–Crippen LogP) is 5.79. The van der Waals surface area contributed by atoms with E-state index in [2.05, 4.69) is 21.2 Å². The molecule has 3 atom stereocenters. The molecule has 176 valence electrons. The van der Waals surface area contributed by atoms with Crippen molar-refractivity contribution < 1.29 is 23.1 Å². The van der Waals surface area contributed by atoms with Crippen molar-refractivity contribution >= 4 is 33.5 Å². The van der Waals surface area contributed by atoms with Gasteiger partial charge in [0.15, 0.2) is 0 Å². The number of halogens is 3. The molecule has 1 aliphatic heterocycles. The molecule has 0 radical (unpaired) electrons. The quantitative estimate of drug-likeness (QED) is 0.411. The summed E-state index contributed by atoms with van der Waals surface area (Å²) in [6, 6.07) is 17.4. The molecule has 1 saturated heterocycles. The first-order valence-electron chi connectivity index (χ1n) is 10.8. The van der Waals surface area contributed by atoms with E-state index in [1.165, 1.54) is 18.1 Å². The smallest absolute Gasteiger partial charge is 0.328 e. The lowest BCUT2D eigenvalue weighted by molar-refractivity contribution is -0.152. The number of nitrogens with zero attached hydrogens (tertiary/aromatic N) is 1. The number of esters is 1. The van der Waals surface area contributed by atoms with Crippen molar-refractivity contribution in [1.29, 1.82) is 0 Å². The monoisotopic (exact) mass is 528 g/mol. The minimum Gasteiger partial charge on any atom is -0.467 e. The number of likely N-dealkylation sites (tertiary alicyclic amines) is 1. The van der Waals surface area contributed by atoms with Gasteiger partial charge in [-0.2, -0.15) is 0 Å². The van der Waals surface area contributed by atoms with Crippen LogP contribution in [0.2, 0.25) is 0 Å². The zero-order chi connectivity index (χ0) is 24.2. The van der Waals surface area contributed by atoms with E-state index >= 15 is 0 Å². The van der Waals surface area contributed by atoms with E-state index in [0.717, 1.165) is 22.2 Å². The third kappa shape index (κ3) is 4.82. The van der Waals surface area contributed by atoms with Crippen LogP contribution >= 0.6 is 15.9 Å². The molecule has 3 aromatic carbocycles. The number of anilines is 1. The number of carbonyl (C=O) groups is 2. The maximum atomic E-state index is 14.5. The van der Waals surface area contributed by atoms with Crippen molar-refractivity contribution in [3.05, 3.63) is 100 Å². The van der Waals surface area contributed by atoms with Gasteiger partial charge in [-0.1, -0.05) is 64.5 Å². The van der Waals surface area contributed by atoms with Crippen LogP contribution in [0, 0.1) is 11.6 Å². The highest BCUT2D eigenvalue weighted by Crippen LogP contribution is 2.39. The Bertz CT molecular complexity index is 1150. The fourth-order valence-corrected chi connectivity index (χ4v) is 4.62. The fourth-order valence-electron chi connectivity index (χ4n) is 4.36. The van der Waals surface area contributed by atoms with Crippen LogP contribution in [-0.2, 0) is 14.3 Å². The van der Waals surface area contributed by atoms with Gasteiger partial charge in [-0.3, -0.25) is 4.79 Å². The number of rotatable bonds is 6. The van der Waals surface area contributed by atoms with Crippen molar-refractivity contribution in [2.75, 3.05) is 12.4 Å². The number of carbonyl (C=O) groups excluding carboxylic acids is 2. The molecular weight excluding hydrogens is 506 g/mol. The van der Waals surface area contributed by atoms with Gasteiger partial charge in [0.2, 0.25) is 0 Å². The average Bonchev–Trinajstić information content (AvgIpc) is 3.30. The second-order valence-corrected chi connectivity index (χ2v) is 8.93. The van der Waals surface area contributed by atoms with Gasteiger partial charge in [0, 0.05) is 4.47 Å². The lowest BCUT2D eigenvalue weighted by Crippen LogP contribution is -2.46. The average molecular weight is 529 g/mol. The molecule has 3 aromatic rings. The van der Waals surface area contributed by atoms with Crippen LogP contribution in [0.4, 0.5) is 14.5 Å². The summed E-state index contributed by atoms with van der Waals surface area (Å²) in [6.07, 6.45) is 0.968. The molecule has 0 bridgehead atoms. The highest BCUT2D eigenvalue weighted by Gasteiger charge is 2.44. The molecule has 1 amide bonds. The molecule has 4 rings (SSSR count). The number of hydrogen-bond acceptors (Lipinski definition) is 4. The molecule has 1 fully saturated rings. The summed E-state index contributed by atoms with van der Waals surface area (Å²) in [5, 5.41) is 2.77. The molecule has 1 N–H and O–H groups in total. The van der Waals surface area contributed by atoms with Crippen molar-refractivity contribution in [2.24, 2.45) is 0 Å². The maximum Gasteiger partial charge on any atom is 0.328 e. The summed E-state index contributed by atoms with van der Waals surface area (Å²) in [7, 11) is 1.28. The molecular formula is C26H23BrF2N2O3. The van der Waals surface area contributed by atoms with E-state index in [9.17, 15) is 18.4 Å².